The summed E-state index contributed by atoms with van der Waals surface area (Å²) in [4.78, 5) is 56.9. The number of hydrogen-bond acceptors (Lipinski definition) is 10. The highest BCUT2D eigenvalue weighted by molar-refractivity contribution is 6.25. The van der Waals surface area contributed by atoms with E-state index in [9.17, 15) is 9.59 Å². The van der Waals surface area contributed by atoms with Crippen LogP contribution in [0.4, 0.5) is 0 Å². The molecule has 0 atom stereocenters. The van der Waals surface area contributed by atoms with Gasteiger partial charge in [-0.05, 0) is 0 Å². The van der Waals surface area contributed by atoms with Crippen LogP contribution in [0.3, 0.4) is 0 Å². The lowest BCUT2D eigenvalue weighted by Gasteiger charge is -1.99. The molecule has 3 aromatic heterocycles. The molecule has 0 fully saturated rings. The predicted octanol–water partition coefficient (Wildman–Crippen LogP) is 5.98. The smallest absolute Gasteiger partial charge is 0.431 e. The van der Waals surface area contributed by atoms with Gasteiger partial charge in [-0.15, -0.1) is 0 Å². The van der Waals surface area contributed by atoms with Crippen LogP contribution in [0.1, 0.15) is 13.8 Å². The van der Waals surface area contributed by atoms with Crippen LogP contribution in [-0.2, 0) is 18.4 Å². The molecule has 8 bridgehead atoms. The lowest BCUT2D eigenvalue weighted by molar-refractivity contribution is -0.136. The van der Waals surface area contributed by atoms with Crippen molar-refractivity contribution in [2.24, 2.45) is 0 Å². The Hall–Kier alpha value is -6.60. The normalized spacial score (nSPS) is 11.3. The molecule has 0 saturated carbocycles. The van der Waals surface area contributed by atoms with Gasteiger partial charge in [0.1, 0.15) is 22.6 Å². The molecular formula is C36H26N8O4Si. The van der Waals surface area contributed by atoms with E-state index in [1.807, 2.05) is 97.1 Å². The number of carbonyl (C=O) groups is 2. The molecule has 0 unspecified atom stereocenters. The Kier molecular flexibility index (Phi) is 7.42. The minimum absolute atomic E-state index is 0.400. The standard InChI is InChI=1S/C32H18N8.C4H8O4Si/c1-2-10-18-17(9-1)25-33-26(18)38-28-21-13-5-6-14-22(21)30(35-28)40-32-24-16-8-7-15-23(24)31(36-32)39-29-20-12-4-3-11-19(20)27(34-29)37-25;1-3(5)7-9-8-4(2)6/h1-16H,(H2,33,34,35,36,37,38,39,40);9H2,1-2H3. The Bertz CT molecular complexity index is 2300. The number of aromatic amines is 2. The van der Waals surface area contributed by atoms with Gasteiger partial charge in [0.15, 0.2) is 23.3 Å². The third-order valence-electron chi connectivity index (χ3n) is 7.98. The molecule has 9 rings (SSSR count). The number of fused-ring (bicyclic) bond motifs is 20. The number of benzene rings is 4. The molecule has 2 aliphatic rings. The second kappa shape index (κ2) is 12.2. The minimum atomic E-state index is -1.38. The molecule has 0 radical (unpaired) electrons. The van der Waals surface area contributed by atoms with Gasteiger partial charge in [-0.1, -0.05) is 97.1 Å². The molecule has 13 heteroatoms. The number of rotatable bonds is 2. The topological polar surface area (TPSA) is 162 Å². The molecular weight excluding hydrogens is 637 g/mol. The third kappa shape index (κ3) is 5.57. The molecule has 2 N–H and O–H groups in total. The maximum absolute atomic E-state index is 10.0. The van der Waals surface area contributed by atoms with Gasteiger partial charge < -0.3 is 18.8 Å². The second-order valence-electron chi connectivity index (χ2n) is 11.2. The molecule has 0 amide bonds. The fourth-order valence-electron chi connectivity index (χ4n) is 5.79. The van der Waals surface area contributed by atoms with Crippen LogP contribution in [0, 0.1) is 0 Å². The highest BCUT2D eigenvalue weighted by Gasteiger charge is 2.21. The number of hydrogen-bond donors (Lipinski definition) is 2. The average molecular weight is 663 g/mol. The first-order valence-electron chi connectivity index (χ1n) is 15.4. The van der Waals surface area contributed by atoms with Crippen molar-refractivity contribution in [3.8, 4) is 45.6 Å². The van der Waals surface area contributed by atoms with Crippen LogP contribution in [-0.4, -0.2) is 61.8 Å². The third-order valence-corrected chi connectivity index (χ3v) is 9.03. The zero-order valence-corrected chi connectivity index (χ0v) is 27.7. The Morgan fingerprint density at radius 3 is 0.980 bits per heavy atom. The summed E-state index contributed by atoms with van der Waals surface area (Å²) < 4.78 is 8.82. The molecule has 12 nitrogen and oxygen atoms in total. The summed E-state index contributed by atoms with van der Waals surface area (Å²) in [6.07, 6.45) is 0. The Labute approximate surface area is 280 Å². The van der Waals surface area contributed by atoms with E-state index in [-0.39, 0.29) is 0 Å². The first kappa shape index (κ1) is 29.8. The molecule has 5 heterocycles. The summed E-state index contributed by atoms with van der Waals surface area (Å²) in [6, 6.07) is 32.2. The van der Waals surface area contributed by atoms with E-state index in [4.69, 9.17) is 29.9 Å². The molecule has 238 valence electrons. The Morgan fingerprint density at radius 1 is 0.449 bits per heavy atom. The number of nitrogens with one attached hydrogen (secondary N) is 2. The van der Waals surface area contributed by atoms with E-state index in [0.29, 0.717) is 45.9 Å². The number of nitrogens with zero attached hydrogens (tertiary/aromatic N) is 6. The van der Waals surface area contributed by atoms with Gasteiger partial charge in [0.25, 0.3) is 11.9 Å². The summed E-state index contributed by atoms with van der Waals surface area (Å²) in [5.74, 6) is 1.59. The van der Waals surface area contributed by atoms with E-state index in [1.165, 1.54) is 13.8 Å². The summed E-state index contributed by atoms with van der Waals surface area (Å²) in [5, 5.41) is 3.82. The highest BCUT2D eigenvalue weighted by Crippen LogP contribution is 2.36. The van der Waals surface area contributed by atoms with E-state index in [0.717, 1.165) is 43.8 Å². The monoisotopic (exact) mass is 662 g/mol. The Balaban J connectivity index is 0.000000344. The zero-order valence-electron chi connectivity index (χ0n) is 26.3. The lowest BCUT2D eigenvalue weighted by atomic mass is 10.1. The molecule has 7 aromatic rings. The molecule has 0 saturated heterocycles. The lowest BCUT2D eigenvalue weighted by Crippen LogP contribution is -2.11. The van der Waals surface area contributed by atoms with Crippen LogP contribution in [0.15, 0.2) is 97.1 Å². The fourth-order valence-corrected chi connectivity index (χ4v) is 6.18. The van der Waals surface area contributed by atoms with Gasteiger partial charge in [-0.25, -0.2) is 29.9 Å². The van der Waals surface area contributed by atoms with Gasteiger partial charge in [-0.3, -0.25) is 9.59 Å². The predicted molar refractivity (Wildman–Crippen MR) is 188 cm³/mol. The van der Waals surface area contributed by atoms with Crippen LogP contribution in [0.25, 0.3) is 89.7 Å². The van der Waals surface area contributed by atoms with E-state index >= 15 is 0 Å². The summed E-state index contributed by atoms with van der Waals surface area (Å²) in [6.45, 7) is 2.55. The largest absolute Gasteiger partial charge is 0.490 e. The van der Waals surface area contributed by atoms with Crippen molar-refractivity contribution in [2.75, 3.05) is 0 Å². The van der Waals surface area contributed by atoms with Crippen molar-refractivity contribution >= 4 is 66.1 Å². The van der Waals surface area contributed by atoms with Crippen molar-refractivity contribution in [3.63, 3.8) is 0 Å². The van der Waals surface area contributed by atoms with Crippen LogP contribution in [0.5, 0.6) is 0 Å². The van der Waals surface area contributed by atoms with E-state index < -0.39 is 21.9 Å². The van der Waals surface area contributed by atoms with Gasteiger partial charge in [0.05, 0.1) is 0 Å². The van der Waals surface area contributed by atoms with Gasteiger partial charge in [0.2, 0.25) is 0 Å². The zero-order chi connectivity index (χ0) is 33.5. The summed E-state index contributed by atoms with van der Waals surface area (Å²) >= 11 is 0. The maximum Gasteiger partial charge on any atom is 0.431 e. The highest BCUT2D eigenvalue weighted by atomic mass is 28.3. The van der Waals surface area contributed by atoms with Crippen LogP contribution in [0.2, 0.25) is 0 Å². The quantitative estimate of drug-likeness (QED) is 0.211. The van der Waals surface area contributed by atoms with Gasteiger partial charge >= 0.3 is 10.0 Å². The van der Waals surface area contributed by atoms with Crippen molar-refractivity contribution < 1.29 is 18.4 Å². The molecule has 49 heavy (non-hydrogen) atoms. The molecule has 0 spiro atoms. The van der Waals surface area contributed by atoms with Crippen molar-refractivity contribution in [1.29, 1.82) is 0 Å². The van der Waals surface area contributed by atoms with Crippen molar-refractivity contribution in [3.05, 3.63) is 97.1 Å². The average Bonchev–Trinajstić information content (AvgIpc) is 3.84. The minimum Gasteiger partial charge on any atom is -0.490 e. The summed E-state index contributed by atoms with van der Waals surface area (Å²) in [7, 11) is -1.38. The maximum atomic E-state index is 10.0. The van der Waals surface area contributed by atoms with Crippen molar-refractivity contribution in [2.45, 2.75) is 13.8 Å². The SMILES string of the molecule is CC(=O)O[SiH2]OC(C)=O.c1ccc2c(c1)-c1nc-2nc2[nH]c(nc3nc(nc4[nH]c(n1)c1ccccc41)-c1ccccc1-3)c1ccccc21. The van der Waals surface area contributed by atoms with E-state index in [2.05, 4.69) is 18.8 Å². The Morgan fingerprint density at radius 2 is 0.714 bits per heavy atom. The van der Waals surface area contributed by atoms with E-state index in [1.54, 1.807) is 0 Å². The summed E-state index contributed by atoms with van der Waals surface area (Å²) in [5.41, 5.74) is 6.45. The fraction of sp³-hybridized carbons (Fsp3) is 0.0556. The first-order chi connectivity index (χ1) is 23.9. The number of carbonyl (C=O) groups excluding carboxylic acids is 2. The van der Waals surface area contributed by atoms with Crippen LogP contribution >= 0.6 is 0 Å². The number of H-pyrrole nitrogens is 2. The molecule has 4 aromatic carbocycles. The van der Waals surface area contributed by atoms with Gasteiger partial charge in [-0.2, -0.15) is 0 Å². The molecule has 0 aliphatic carbocycles. The molecule has 2 aliphatic heterocycles. The first-order valence-corrected chi connectivity index (χ1v) is 16.5. The number of aromatic nitrogens is 8. The van der Waals surface area contributed by atoms with Crippen LogP contribution < -0.4 is 0 Å². The van der Waals surface area contributed by atoms with Crippen molar-refractivity contribution in [1.82, 2.24) is 39.9 Å². The van der Waals surface area contributed by atoms with Gasteiger partial charge in [0, 0.05) is 57.6 Å². The second-order valence-corrected chi connectivity index (χ2v) is 12.0.